The zero-order chi connectivity index (χ0) is 8.36. The molecule has 0 aromatic carbocycles. The average Bonchev–Trinajstić information content (AvgIpc) is 1.86. The number of hydrogen-bond acceptors (Lipinski definition) is 0. The van der Waals surface area contributed by atoms with E-state index in [9.17, 15) is 0 Å². The van der Waals surface area contributed by atoms with Gasteiger partial charge >= 0.3 is 34.5 Å². The summed E-state index contributed by atoms with van der Waals surface area (Å²) in [7, 11) is 9.67. The van der Waals surface area contributed by atoms with Crippen LogP contribution >= 0.6 is 19.4 Å². The minimum atomic E-state index is -0.226. The Balaban J connectivity index is 0.000000292. The van der Waals surface area contributed by atoms with E-state index in [0.717, 1.165) is 0 Å². The van der Waals surface area contributed by atoms with Crippen molar-refractivity contribution < 1.29 is 15.1 Å². The van der Waals surface area contributed by atoms with E-state index >= 15 is 0 Å². The van der Waals surface area contributed by atoms with Crippen LogP contribution in [0.5, 0.6) is 0 Å². The Morgan fingerprint density at radius 1 is 0.909 bits per heavy atom. The Kier molecular flexibility index (Phi) is 11.3. The summed E-state index contributed by atoms with van der Waals surface area (Å²) in [4.78, 5) is 0. The molecule has 0 N–H and O–H groups in total. The van der Waals surface area contributed by atoms with E-state index in [1.54, 1.807) is 0 Å². The molecule has 67 valence electrons. The third kappa shape index (κ3) is 10.7. The van der Waals surface area contributed by atoms with Crippen molar-refractivity contribution in [2.24, 2.45) is 0 Å². The van der Waals surface area contributed by atoms with Crippen molar-refractivity contribution in [2.45, 2.75) is 25.7 Å². The monoisotopic (exact) mass is 281 g/mol. The van der Waals surface area contributed by atoms with Gasteiger partial charge in [0, 0.05) is 0 Å². The number of hydrogen-bond donors (Lipinski definition) is 0. The Hall–Kier alpha value is 0.683. The molecule has 0 saturated carbocycles. The third-order valence-electron chi connectivity index (χ3n) is 1.37. The van der Waals surface area contributed by atoms with Crippen LogP contribution in [0.4, 0.5) is 0 Å². The van der Waals surface area contributed by atoms with Gasteiger partial charge < -0.3 is 0 Å². The first kappa shape index (κ1) is 11.7. The first-order chi connectivity index (χ1) is 5.41. The van der Waals surface area contributed by atoms with Gasteiger partial charge in [-0.3, -0.25) is 0 Å². The van der Waals surface area contributed by atoms with Crippen LogP contribution in [0.25, 0.3) is 0 Å². The summed E-state index contributed by atoms with van der Waals surface area (Å²) >= 11 is -0.226. The quantitative estimate of drug-likeness (QED) is 0.588. The van der Waals surface area contributed by atoms with Crippen LogP contribution < -0.4 is 0 Å². The molecule has 0 aromatic heterocycles. The van der Waals surface area contributed by atoms with Crippen LogP contribution in [0.1, 0.15) is 25.7 Å². The van der Waals surface area contributed by atoms with E-state index in [1.807, 2.05) is 0 Å². The summed E-state index contributed by atoms with van der Waals surface area (Å²) in [5, 5.41) is 0. The Labute approximate surface area is 84.3 Å². The molecule has 0 spiro atoms. The van der Waals surface area contributed by atoms with Gasteiger partial charge in [0.15, 0.2) is 0 Å². The molecule has 11 heavy (non-hydrogen) atoms. The molecular formula is C8H12Cl2Rh. The minimum absolute atomic E-state index is 0.226. The zero-order valence-corrected chi connectivity index (χ0v) is 9.38. The normalized spacial score (nSPS) is 16.5. The zero-order valence-electron chi connectivity index (χ0n) is 6.23. The molecule has 0 amide bonds. The maximum absolute atomic E-state index is 4.83. The summed E-state index contributed by atoms with van der Waals surface area (Å²) in [5.41, 5.74) is 0. The number of allylic oxidation sites excluding steroid dienone is 4. The maximum atomic E-state index is 4.83. The van der Waals surface area contributed by atoms with Crippen LogP contribution in [-0.2, 0) is 15.1 Å². The van der Waals surface area contributed by atoms with Gasteiger partial charge in [0.25, 0.3) is 0 Å². The van der Waals surface area contributed by atoms with Crippen molar-refractivity contribution in [2.75, 3.05) is 0 Å². The van der Waals surface area contributed by atoms with Crippen LogP contribution in [0.15, 0.2) is 24.3 Å². The van der Waals surface area contributed by atoms with Gasteiger partial charge in [-0.2, -0.15) is 0 Å². The molecule has 1 aliphatic rings. The van der Waals surface area contributed by atoms with Gasteiger partial charge in [0.05, 0.1) is 0 Å². The molecule has 0 aliphatic heterocycles. The molecule has 0 heterocycles. The van der Waals surface area contributed by atoms with E-state index in [4.69, 9.17) is 19.4 Å². The van der Waals surface area contributed by atoms with Crippen molar-refractivity contribution in [3.63, 3.8) is 0 Å². The van der Waals surface area contributed by atoms with Gasteiger partial charge in [-0.25, -0.2) is 0 Å². The van der Waals surface area contributed by atoms with Crippen LogP contribution in [0, 0.1) is 0 Å². The topological polar surface area (TPSA) is 0 Å². The molecule has 0 unspecified atom stereocenters. The van der Waals surface area contributed by atoms with Crippen molar-refractivity contribution in [3.8, 4) is 0 Å². The van der Waals surface area contributed by atoms with Crippen molar-refractivity contribution >= 4 is 19.4 Å². The second-order valence-electron chi connectivity index (χ2n) is 2.19. The molecule has 1 rings (SSSR count). The van der Waals surface area contributed by atoms with Gasteiger partial charge in [0.2, 0.25) is 0 Å². The van der Waals surface area contributed by atoms with Crippen molar-refractivity contribution in [3.05, 3.63) is 24.3 Å². The van der Waals surface area contributed by atoms with Crippen molar-refractivity contribution in [1.82, 2.24) is 0 Å². The molecule has 0 bridgehead atoms. The van der Waals surface area contributed by atoms with E-state index in [1.165, 1.54) is 25.7 Å². The molecule has 0 saturated heterocycles. The summed E-state index contributed by atoms with van der Waals surface area (Å²) in [6.07, 6.45) is 14.0. The first-order valence-corrected chi connectivity index (χ1v) is 7.79. The summed E-state index contributed by atoms with van der Waals surface area (Å²) in [6, 6.07) is 0. The molecule has 0 aromatic rings. The standard InChI is InChI=1S/C8H12.2ClH.Rh/c1-2-4-6-8-7-5-3-1;;;/h1-4H,5-8H2;2*1H;/q;;;+2/p-2. The third-order valence-corrected chi connectivity index (χ3v) is 1.37. The molecular weight excluding hydrogens is 270 g/mol. The summed E-state index contributed by atoms with van der Waals surface area (Å²) in [6.45, 7) is 0. The van der Waals surface area contributed by atoms with E-state index in [2.05, 4.69) is 24.3 Å². The predicted octanol–water partition coefficient (Wildman–Crippen LogP) is 4.05. The van der Waals surface area contributed by atoms with Gasteiger partial charge in [-0.15, -0.1) is 0 Å². The first-order valence-electron chi connectivity index (χ1n) is 3.57. The second kappa shape index (κ2) is 10.7. The summed E-state index contributed by atoms with van der Waals surface area (Å²) in [5.74, 6) is 0. The fourth-order valence-corrected chi connectivity index (χ4v) is 0.874. The fraction of sp³-hybridized carbons (Fsp3) is 0.500. The molecule has 0 nitrogen and oxygen atoms in total. The van der Waals surface area contributed by atoms with Crippen LogP contribution in [-0.4, -0.2) is 0 Å². The molecule has 0 atom stereocenters. The summed E-state index contributed by atoms with van der Waals surface area (Å²) < 4.78 is 0. The predicted molar refractivity (Wildman–Crippen MR) is 48.5 cm³/mol. The molecule has 1 aliphatic carbocycles. The SMILES string of the molecule is C1=CCCCCC=C1.[Cl][Rh][Cl]. The Bertz CT molecular complexity index is 107. The van der Waals surface area contributed by atoms with Gasteiger partial charge in [-0.05, 0) is 25.7 Å². The van der Waals surface area contributed by atoms with Crippen LogP contribution in [0.3, 0.4) is 0 Å². The molecule has 0 radical (unpaired) electrons. The molecule has 0 fully saturated rings. The van der Waals surface area contributed by atoms with Crippen molar-refractivity contribution in [1.29, 1.82) is 0 Å². The van der Waals surface area contributed by atoms with Gasteiger partial charge in [0.1, 0.15) is 0 Å². The average molecular weight is 282 g/mol. The fourth-order valence-electron chi connectivity index (χ4n) is 0.874. The van der Waals surface area contributed by atoms with E-state index in [-0.39, 0.29) is 15.1 Å². The Morgan fingerprint density at radius 3 is 1.64 bits per heavy atom. The second-order valence-corrected chi connectivity index (χ2v) is 4.68. The van der Waals surface area contributed by atoms with Crippen LogP contribution in [0.2, 0.25) is 0 Å². The van der Waals surface area contributed by atoms with E-state index in [0.29, 0.717) is 0 Å². The van der Waals surface area contributed by atoms with Gasteiger partial charge in [-0.1, -0.05) is 24.3 Å². The number of rotatable bonds is 0. The molecule has 3 heteroatoms. The van der Waals surface area contributed by atoms with E-state index < -0.39 is 0 Å². The number of halogens is 2. The Morgan fingerprint density at radius 2 is 1.27 bits per heavy atom.